The third-order valence-electron chi connectivity index (χ3n) is 4.91. The van der Waals surface area contributed by atoms with Gasteiger partial charge in [0.25, 0.3) is 0 Å². The molecular formula is C21H19F6N3O2. The number of nitrogens with zero attached hydrogens (tertiary/aromatic N) is 2. The van der Waals surface area contributed by atoms with Crippen molar-refractivity contribution in [3.63, 3.8) is 0 Å². The Morgan fingerprint density at radius 1 is 1.06 bits per heavy atom. The van der Waals surface area contributed by atoms with Gasteiger partial charge in [-0.15, -0.1) is 0 Å². The highest BCUT2D eigenvalue weighted by molar-refractivity contribution is 6.05. The molecule has 3 rings (SSSR count). The number of carbonyl (C=O) groups excluding carboxylic acids is 2. The third-order valence-corrected chi connectivity index (χ3v) is 4.91. The maximum Gasteiger partial charge on any atom is 0.416 e. The van der Waals surface area contributed by atoms with E-state index in [2.05, 4.69) is 5.32 Å². The second-order valence-electron chi connectivity index (χ2n) is 7.46. The Morgan fingerprint density at radius 3 is 2.28 bits per heavy atom. The quantitative estimate of drug-likeness (QED) is 0.688. The summed E-state index contributed by atoms with van der Waals surface area (Å²) in [5.74, 6) is -1.76. The zero-order valence-corrected chi connectivity index (χ0v) is 16.8. The number of halogens is 6. The number of para-hydroxylation sites is 2. The van der Waals surface area contributed by atoms with Crippen LogP contribution >= 0.6 is 0 Å². The van der Waals surface area contributed by atoms with Crippen LogP contribution in [0.1, 0.15) is 17.5 Å². The summed E-state index contributed by atoms with van der Waals surface area (Å²) in [5, 5.41) is 2.38. The zero-order valence-electron chi connectivity index (χ0n) is 16.8. The number of carbonyl (C=O) groups is 2. The Hall–Kier alpha value is -3.08. The first-order valence-electron chi connectivity index (χ1n) is 9.48. The number of anilines is 2. The number of alkyl halides is 6. The summed E-state index contributed by atoms with van der Waals surface area (Å²) in [6.45, 7) is -0.413. The van der Waals surface area contributed by atoms with E-state index in [4.69, 9.17) is 0 Å². The lowest BCUT2D eigenvalue weighted by molar-refractivity contribution is -0.158. The van der Waals surface area contributed by atoms with Crippen LogP contribution in [-0.4, -0.2) is 42.5 Å². The number of benzene rings is 2. The second-order valence-corrected chi connectivity index (χ2v) is 7.46. The summed E-state index contributed by atoms with van der Waals surface area (Å²) in [4.78, 5) is 26.9. The number of fused-ring (bicyclic) bond motifs is 1. The van der Waals surface area contributed by atoms with Crippen molar-refractivity contribution in [3.8, 4) is 0 Å². The van der Waals surface area contributed by atoms with Crippen molar-refractivity contribution < 1.29 is 35.9 Å². The Bertz CT molecular complexity index is 988. The van der Waals surface area contributed by atoms with Crippen LogP contribution in [0.4, 0.5) is 37.7 Å². The lowest BCUT2D eigenvalue weighted by atomic mass is 10.1. The molecular weight excluding hydrogens is 440 g/mol. The average Bonchev–Trinajstić information content (AvgIpc) is 2.83. The van der Waals surface area contributed by atoms with E-state index in [0.29, 0.717) is 10.5 Å². The van der Waals surface area contributed by atoms with Gasteiger partial charge in [0.1, 0.15) is 6.04 Å². The van der Waals surface area contributed by atoms with Gasteiger partial charge < -0.3 is 5.32 Å². The summed E-state index contributed by atoms with van der Waals surface area (Å²) < 4.78 is 79.3. The topological polar surface area (TPSA) is 52.7 Å². The van der Waals surface area contributed by atoms with Crippen LogP contribution in [-0.2, 0) is 22.3 Å². The largest absolute Gasteiger partial charge is 0.416 e. The SMILES string of the molecule is CN(CC(=O)N1c2ccccc2NC(=O)C[C@H]1C(F)(F)F)Cc1ccc(C(F)(F)F)cc1. The molecule has 32 heavy (non-hydrogen) atoms. The highest BCUT2D eigenvalue weighted by atomic mass is 19.4. The Labute approximate surface area is 179 Å². The van der Waals surface area contributed by atoms with Gasteiger partial charge in [-0.25, -0.2) is 0 Å². The molecule has 0 aliphatic carbocycles. The Morgan fingerprint density at radius 2 is 1.69 bits per heavy atom. The van der Waals surface area contributed by atoms with Crippen LogP contribution in [0.2, 0.25) is 0 Å². The summed E-state index contributed by atoms with van der Waals surface area (Å²) >= 11 is 0. The first kappa shape index (κ1) is 23.6. The van der Waals surface area contributed by atoms with Crippen molar-refractivity contribution in [1.82, 2.24) is 4.90 Å². The molecule has 11 heteroatoms. The Balaban J connectivity index is 1.81. The first-order valence-corrected chi connectivity index (χ1v) is 9.48. The predicted molar refractivity (Wildman–Crippen MR) is 105 cm³/mol. The fourth-order valence-electron chi connectivity index (χ4n) is 3.47. The minimum Gasteiger partial charge on any atom is -0.324 e. The summed E-state index contributed by atoms with van der Waals surface area (Å²) in [7, 11) is 1.46. The van der Waals surface area contributed by atoms with E-state index in [-0.39, 0.29) is 17.9 Å². The highest BCUT2D eigenvalue weighted by Gasteiger charge is 2.49. The van der Waals surface area contributed by atoms with E-state index in [0.717, 1.165) is 12.1 Å². The highest BCUT2D eigenvalue weighted by Crippen LogP contribution is 2.37. The molecule has 172 valence electrons. The van der Waals surface area contributed by atoms with Gasteiger partial charge in [0.05, 0.1) is 29.9 Å². The number of rotatable bonds is 4. The van der Waals surface area contributed by atoms with Gasteiger partial charge in [0.15, 0.2) is 0 Å². The molecule has 1 heterocycles. The molecule has 0 unspecified atom stereocenters. The fraction of sp³-hybridized carbons (Fsp3) is 0.333. The molecule has 2 amide bonds. The molecule has 1 atom stereocenters. The van der Waals surface area contributed by atoms with E-state index >= 15 is 0 Å². The molecule has 1 N–H and O–H groups in total. The zero-order chi connectivity index (χ0) is 23.7. The van der Waals surface area contributed by atoms with Gasteiger partial charge in [-0.1, -0.05) is 24.3 Å². The van der Waals surface area contributed by atoms with Crippen LogP contribution < -0.4 is 10.2 Å². The average molecular weight is 459 g/mol. The van der Waals surface area contributed by atoms with Crippen molar-refractivity contribution in [2.75, 3.05) is 23.8 Å². The lowest BCUT2D eigenvalue weighted by Gasteiger charge is -2.33. The van der Waals surface area contributed by atoms with Gasteiger partial charge in [-0.2, -0.15) is 26.3 Å². The molecule has 1 aliphatic rings. The summed E-state index contributed by atoms with van der Waals surface area (Å²) in [6, 6.07) is 7.62. The molecule has 2 aromatic rings. The minimum absolute atomic E-state index is 0.0349. The molecule has 2 aromatic carbocycles. The van der Waals surface area contributed by atoms with E-state index < -0.39 is 48.7 Å². The number of hydrogen-bond donors (Lipinski definition) is 1. The Kier molecular flexibility index (Phi) is 6.49. The number of amides is 2. The summed E-state index contributed by atoms with van der Waals surface area (Å²) in [6.07, 6.45) is -10.3. The van der Waals surface area contributed by atoms with Crippen molar-refractivity contribution in [2.45, 2.75) is 31.4 Å². The normalized spacial score (nSPS) is 17.1. The van der Waals surface area contributed by atoms with Gasteiger partial charge in [-0.05, 0) is 36.9 Å². The molecule has 5 nitrogen and oxygen atoms in total. The predicted octanol–water partition coefficient (Wildman–Crippen LogP) is 4.44. The maximum atomic E-state index is 13.7. The second kappa shape index (κ2) is 8.81. The van der Waals surface area contributed by atoms with Crippen LogP contribution in [0.5, 0.6) is 0 Å². The van der Waals surface area contributed by atoms with Crippen LogP contribution in [0, 0.1) is 0 Å². The molecule has 0 spiro atoms. The van der Waals surface area contributed by atoms with Gasteiger partial charge in [0.2, 0.25) is 11.8 Å². The standard InChI is InChI=1S/C21H19F6N3O2/c1-29(11-13-6-8-14(9-7-13)20(22,23)24)12-19(32)30-16-5-3-2-4-15(16)28-18(31)10-17(30)21(25,26)27/h2-9,17H,10-12H2,1H3,(H,28,31)/t17-/m0/s1. The maximum absolute atomic E-state index is 13.7. The number of hydrogen-bond acceptors (Lipinski definition) is 3. The monoisotopic (exact) mass is 459 g/mol. The smallest absolute Gasteiger partial charge is 0.324 e. The molecule has 0 aromatic heterocycles. The van der Waals surface area contributed by atoms with E-state index in [1.807, 2.05) is 0 Å². The number of nitrogens with one attached hydrogen (secondary N) is 1. The van der Waals surface area contributed by atoms with Crippen molar-refractivity contribution in [3.05, 3.63) is 59.7 Å². The van der Waals surface area contributed by atoms with Crippen LogP contribution in [0.15, 0.2) is 48.5 Å². The number of likely N-dealkylation sites (N-methyl/N-ethyl adjacent to an activating group) is 1. The van der Waals surface area contributed by atoms with Crippen molar-refractivity contribution >= 4 is 23.2 Å². The van der Waals surface area contributed by atoms with Crippen molar-refractivity contribution in [1.29, 1.82) is 0 Å². The fourth-order valence-corrected chi connectivity index (χ4v) is 3.47. The minimum atomic E-state index is -4.85. The molecule has 0 bridgehead atoms. The third kappa shape index (κ3) is 5.39. The summed E-state index contributed by atoms with van der Waals surface area (Å²) in [5.41, 5.74) is -0.364. The van der Waals surface area contributed by atoms with Crippen molar-refractivity contribution in [2.24, 2.45) is 0 Å². The lowest BCUT2D eigenvalue weighted by Crippen LogP contribution is -2.52. The molecule has 0 saturated carbocycles. The molecule has 1 aliphatic heterocycles. The van der Waals surface area contributed by atoms with Crippen LogP contribution in [0.3, 0.4) is 0 Å². The molecule has 0 saturated heterocycles. The van der Waals surface area contributed by atoms with E-state index in [9.17, 15) is 35.9 Å². The van der Waals surface area contributed by atoms with E-state index in [1.54, 1.807) is 0 Å². The van der Waals surface area contributed by atoms with Gasteiger partial charge in [-0.3, -0.25) is 19.4 Å². The van der Waals surface area contributed by atoms with Crippen LogP contribution in [0.25, 0.3) is 0 Å². The first-order chi connectivity index (χ1) is 14.9. The molecule has 0 fully saturated rings. The molecule has 0 radical (unpaired) electrons. The van der Waals surface area contributed by atoms with Gasteiger partial charge in [0, 0.05) is 6.54 Å². The van der Waals surface area contributed by atoms with Gasteiger partial charge >= 0.3 is 12.4 Å². The van der Waals surface area contributed by atoms with E-state index in [1.165, 1.54) is 48.3 Å².